The number of carboxylic acid groups (broad SMARTS) is 1. The molecule has 1 spiro atoms. The molecule has 1 N–H and O–H groups in total. The van der Waals surface area contributed by atoms with Gasteiger partial charge in [0.1, 0.15) is 12.1 Å². The van der Waals surface area contributed by atoms with Crippen molar-refractivity contribution in [3.8, 4) is 6.07 Å². The first-order valence-electron chi connectivity index (χ1n) is 8.30. The van der Waals surface area contributed by atoms with Gasteiger partial charge in [-0.05, 0) is 43.4 Å². The Morgan fingerprint density at radius 2 is 2.04 bits per heavy atom. The smallest absolute Gasteiger partial charge is 0.411 e. The van der Waals surface area contributed by atoms with Crippen LogP contribution in [0, 0.1) is 11.3 Å². The highest BCUT2D eigenvalue weighted by Crippen LogP contribution is 2.38. The SMILES string of the molecule is N#Cc1ccc(COC2CCC3(CC2)CN(CC(=O)O)C(=O)O3)cc1. The standard InChI is InChI=1S/C18H20N2O5/c19-9-13-1-3-14(4-2-13)11-24-15-5-7-18(8-6-15)12-20(10-16(21)22)17(23)25-18/h1-4,15H,5-8,10-12H2,(H,21,22). The molecule has 1 saturated carbocycles. The Morgan fingerprint density at radius 3 is 2.64 bits per heavy atom. The Hall–Kier alpha value is -2.59. The zero-order chi connectivity index (χ0) is 17.9. The molecular weight excluding hydrogens is 324 g/mol. The van der Waals surface area contributed by atoms with Crippen LogP contribution in [0.15, 0.2) is 24.3 Å². The maximum Gasteiger partial charge on any atom is 0.411 e. The molecule has 1 aliphatic carbocycles. The number of carbonyl (C=O) groups excluding carboxylic acids is 1. The third kappa shape index (κ3) is 4.09. The number of benzene rings is 1. The molecule has 2 aliphatic rings. The molecule has 132 valence electrons. The van der Waals surface area contributed by atoms with Gasteiger partial charge in [-0.1, -0.05) is 12.1 Å². The van der Waals surface area contributed by atoms with Crippen LogP contribution in [-0.2, 0) is 20.9 Å². The van der Waals surface area contributed by atoms with Crippen molar-refractivity contribution in [2.45, 2.75) is 44.0 Å². The van der Waals surface area contributed by atoms with E-state index in [9.17, 15) is 9.59 Å². The molecule has 2 fully saturated rings. The Kier molecular flexibility index (Phi) is 4.91. The third-order valence-corrected chi connectivity index (χ3v) is 4.78. The van der Waals surface area contributed by atoms with Crippen LogP contribution in [0.4, 0.5) is 4.79 Å². The molecule has 1 heterocycles. The second-order valence-corrected chi connectivity index (χ2v) is 6.62. The number of ether oxygens (including phenoxy) is 2. The summed E-state index contributed by atoms with van der Waals surface area (Å²) < 4.78 is 11.4. The van der Waals surface area contributed by atoms with Crippen molar-refractivity contribution < 1.29 is 24.2 Å². The van der Waals surface area contributed by atoms with E-state index in [0.717, 1.165) is 18.4 Å². The molecule has 1 aromatic rings. The predicted molar refractivity (Wildman–Crippen MR) is 86.6 cm³/mol. The average molecular weight is 344 g/mol. The van der Waals surface area contributed by atoms with Crippen molar-refractivity contribution in [3.05, 3.63) is 35.4 Å². The van der Waals surface area contributed by atoms with Gasteiger partial charge in [0, 0.05) is 0 Å². The summed E-state index contributed by atoms with van der Waals surface area (Å²) in [6, 6.07) is 9.38. The predicted octanol–water partition coefficient (Wildman–Crippen LogP) is 2.29. The zero-order valence-corrected chi connectivity index (χ0v) is 13.8. The number of carboxylic acids is 1. The van der Waals surface area contributed by atoms with E-state index in [1.165, 1.54) is 4.90 Å². The maximum atomic E-state index is 11.8. The summed E-state index contributed by atoms with van der Waals surface area (Å²) in [6.45, 7) is 0.494. The molecule has 0 bridgehead atoms. The molecule has 0 unspecified atom stereocenters. The largest absolute Gasteiger partial charge is 0.480 e. The summed E-state index contributed by atoms with van der Waals surface area (Å²) >= 11 is 0. The van der Waals surface area contributed by atoms with Gasteiger partial charge in [-0.25, -0.2) is 4.79 Å². The van der Waals surface area contributed by atoms with Crippen molar-refractivity contribution in [1.29, 1.82) is 5.26 Å². The van der Waals surface area contributed by atoms with Crippen LogP contribution in [0.5, 0.6) is 0 Å². The summed E-state index contributed by atoms with van der Waals surface area (Å²) in [5, 5.41) is 17.6. The quantitative estimate of drug-likeness (QED) is 0.880. The molecule has 7 heteroatoms. The Bertz CT molecular complexity index is 686. The highest BCUT2D eigenvalue weighted by Gasteiger charge is 2.47. The molecule has 1 amide bonds. The first kappa shape index (κ1) is 17.2. The minimum Gasteiger partial charge on any atom is -0.480 e. The zero-order valence-electron chi connectivity index (χ0n) is 13.8. The maximum absolute atomic E-state index is 11.8. The van der Waals surface area contributed by atoms with E-state index in [-0.39, 0.29) is 12.6 Å². The molecule has 25 heavy (non-hydrogen) atoms. The third-order valence-electron chi connectivity index (χ3n) is 4.78. The van der Waals surface area contributed by atoms with Crippen LogP contribution in [0.1, 0.15) is 36.8 Å². The van der Waals surface area contributed by atoms with Gasteiger partial charge < -0.3 is 14.6 Å². The van der Waals surface area contributed by atoms with Gasteiger partial charge in [-0.15, -0.1) is 0 Å². The normalized spacial score (nSPS) is 25.6. The van der Waals surface area contributed by atoms with Gasteiger partial charge in [0.15, 0.2) is 0 Å². The molecular formula is C18H20N2O5. The highest BCUT2D eigenvalue weighted by molar-refractivity contribution is 5.78. The fourth-order valence-corrected chi connectivity index (χ4v) is 3.41. The number of amides is 1. The second kappa shape index (κ2) is 7.11. The average Bonchev–Trinajstić information content (AvgIpc) is 2.89. The van der Waals surface area contributed by atoms with Gasteiger partial charge in [0.2, 0.25) is 0 Å². The fraction of sp³-hybridized carbons (Fsp3) is 0.500. The van der Waals surface area contributed by atoms with Gasteiger partial charge in [-0.3, -0.25) is 9.69 Å². The molecule has 7 nitrogen and oxygen atoms in total. The van der Waals surface area contributed by atoms with E-state index in [2.05, 4.69) is 6.07 Å². The van der Waals surface area contributed by atoms with Crippen molar-refractivity contribution >= 4 is 12.1 Å². The summed E-state index contributed by atoms with van der Waals surface area (Å²) in [7, 11) is 0. The lowest BCUT2D eigenvalue weighted by Gasteiger charge is -2.35. The number of nitriles is 1. The van der Waals surface area contributed by atoms with Crippen molar-refractivity contribution in [2.24, 2.45) is 0 Å². The molecule has 3 rings (SSSR count). The lowest BCUT2D eigenvalue weighted by atomic mass is 9.83. The first-order chi connectivity index (χ1) is 12.0. The molecule has 0 radical (unpaired) electrons. The summed E-state index contributed by atoms with van der Waals surface area (Å²) in [4.78, 5) is 23.9. The molecule has 1 aromatic carbocycles. The number of nitrogens with zero attached hydrogens (tertiary/aromatic N) is 2. The topological polar surface area (TPSA) is 99.9 Å². The first-order valence-corrected chi connectivity index (χ1v) is 8.30. The van der Waals surface area contributed by atoms with Gasteiger partial charge in [0.05, 0.1) is 30.9 Å². The number of aliphatic carboxylic acids is 1. The lowest BCUT2D eigenvalue weighted by molar-refractivity contribution is -0.137. The van der Waals surface area contributed by atoms with Crippen molar-refractivity contribution in [1.82, 2.24) is 4.90 Å². The van der Waals surface area contributed by atoms with Crippen molar-refractivity contribution in [3.63, 3.8) is 0 Å². The van der Waals surface area contributed by atoms with Crippen LogP contribution < -0.4 is 0 Å². The van der Waals surface area contributed by atoms with Crippen LogP contribution in [0.2, 0.25) is 0 Å². The number of hydrogen-bond acceptors (Lipinski definition) is 5. The minimum absolute atomic E-state index is 0.0912. The minimum atomic E-state index is -1.03. The van der Waals surface area contributed by atoms with E-state index in [1.807, 2.05) is 12.1 Å². The number of rotatable bonds is 5. The summed E-state index contributed by atoms with van der Waals surface area (Å²) in [5.41, 5.74) is 1.07. The fourth-order valence-electron chi connectivity index (χ4n) is 3.41. The molecule has 1 aliphatic heterocycles. The monoisotopic (exact) mass is 344 g/mol. The van der Waals surface area contributed by atoms with E-state index in [0.29, 0.717) is 31.6 Å². The summed E-state index contributed by atoms with van der Waals surface area (Å²) in [6.07, 6.45) is 2.43. The Labute approximate surface area is 145 Å². The second-order valence-electron chi connectivity index (χ2n) is 6.62. The molecule has 0 atom stereocenters. The Balaban J connectivity index is 1.48. The van der Waals surface area contributed by atoms with Crippen LogP contribution in [-0.4, -0.2) is 46.9 Å². The number of carbonyl (C=O) groups is 2. The van der Waals surface area contributed by atoms with Crippen LogP contribution in [0.25, 0.3) is 0 Å². The Morgan fingerprint density at radius 1 is 1.36 bits per heavy atom. The number of hydrogen-bond donors (Lipinski definition) is 1. The highest BCUT2D eigenvalue weighted by atomic mass is 16.6. The van der Waals surface area contributed by atoms with E-state index < -0.39 is 17.7 Å². The van der Waals surface area contributed by atoms with E-state index in [4.69, 9.17) is 19.8 Å². The van der Waals surface area contributed by atoms with Gasteiger partial charge in [0.25, 0.3) is 0 Å². The van der Waals surface area contributed by atoms with Gasteiger partial charge in [-0.2, -0.15) is 5.26 Å². The van der Waals surface area contributed by atoms with Gasteiger partial charge >= 0.3 is 12.1 Å². The van der Waals surface area contributed by atoms with Crippen molar-refractivity contribution in [2.75, 3.05) is 13.1 Å². The lowest BCUT2D eigenvalue weighted by Crippen LogP contribution is -2.41. The summed E-state index contributed by atoms with van der Waals surface area (Å²) in [5.74, 6) is -1.03. The van der Waals surface area contributed by atoms with E-state index >= 15 is 0 Å². The van der Waals surface area contributed by atoms with Crippen LogP contribution in [0.3, 0.4) is 0 Å². The van der Waals surface area contributed by atoms with Crippen LogP contribution >= 0.6 is 0 Å². The van der Waals surface area contributed by atoms with E-state index in [1.54, 1.807) is 12.1 Å². The molecule has 1 saturated heterocycles. The molecule has 0 aromatic heterocycles.